The first-order chi connectivity index (χ1) is 6.93. The Morgan fingerprint density at radius 1 is 1.31 bits per heavy atom. The monoisotopic (exact) mass is 264 g/mol. The van der Waals surface area contributed by atoms with Gasteiger partial charge in [-0.25, -0.2) is 0 Å². The molecular formula is C5H8F3N2O5P. The van der Waals surface area contributed by atoms with Crippen LogP contribution in [-0.4, -0.2) is 45.5 Å². The molecule has 94 valence electrons. The third kappa shape index (κ3) is 5.69. The molecule has 0 aliphatic heterocycles. The lowest BCUT2D eigenvalue weighted by atomic mass is 10.4. The van der Waals surface area contributed by atoms with E-state index in [1.165, 1.54) is 0 Å². The van der Waals surface area contributed by atoms with Crippen LogP contribution in [-0.2, 0) is 14.2 Å². The van der Waals surface area contributed by atoms with Crippen molar-refractivity contribution in [2.75, 3.05) is 12.8 Å². The first-order valence-corrected chi connectivity index (χ1v) is 5.42. The summed E-state index contributed by atoms with van der Waals surface area (Å²) >= 11 is 0. The van der Waals surface area contributed by atoms with Crippen LogP contribution in [0.1, 0.15) is 0 Å². The van der Waals surface area contributed by atoms with Gasteiger partial charge in [0.05, 0.1) is 0 Å². The average Bonchev–Trinajstić information content (AvgIpc) is 1.96. The molecule has 7 nitrogen and oxygen atoms in total. The predicted octanol–water partition coefficient (Wildman–Crippen LogP) is -1.00. The highest BCUT2D eigenvalue weighted by molar-refractivity contribution is 7.51. The third-order valence-electron chi connectivity index (χ3n) is 1.23. The molecule has 0 spiro atoms. The molecule has 0 aromatic heterocycles. The topological polar surface area (TPSA) is 121 Å². The van der Waals surface area contributed by atoms with Crippen LogP contribution >= 0.6 is 7.60 Å². The van der Waals surface area contributed by atoms with Gasteiger partial charge in [-0.3, -0.25) is 14.2 Å². The van der Waals surface area contributed by atoms with E-state index in [0.29, 0.717) is 0 Å². The van der Waals surface area contributed by atoms with Gasteiger partial charge in [0.25, 0.3) is 0 Å². The van der Waals surface area contributed by atoms with E-state index in [1.807, 2.05) is 0 Å². The summed E-state index contributed by atoms with van der Waals surface area (Å²) in [4.78, 5) is 37.4. The molecule has 0 aliphatic rings. The van der Waals surface area contributed by atoms with Crippen molar-refractivity contribution in [2.24, 2.45) is 5.73 Å². The number of hydrogen-bond donors (Lipinski definition) is 3. The van der Waals surface area contributed by atoms with Crippen molar-refractivity contribution >= 4 is 19.4 Å². The number of carbonyl (C=O) groups excluding carboxylic acids is 2. The number of primary amides is 1. The zero-order valence-electron chi connectivity index (χ0n) is 7.64. The van der Waals surface area contributed by atoms with Gasteiger partial charge in [0.1, 0.15) is 12.8 Å². The summed E-state index contributed by atoms with van der Waals surface area (Å²) in [6.45, 7) is -1.22. The van der Waals surface area contributed by atoms with Gasteiger partial charge in [0.15, 0.2) is 0 Å². The first kappa shape index (κ1) is 14.9. The van der Waals surface area contributed by atoms with E-state index in [9.17, 15) is 27.3 Å². The van der Waals surface area contributed by atoms with E-state index >= 15 is 0 Å². The Balaban J connectivity index is 4.89. The van der Waals surface area contributed by atoms with Crippen LogP contribution < -0.4 is 5.73 Å². The van der Waals surface area contributed by atoms with Gasteiger partial charge in [0.2, 0.25) is 5.91 Å². The second-order valence-electron chi connectivity index (χ2n) is 2.77. The average molecular weight is 264 g/mol. The zero-order chi connectivity index (χ0) is 13.1. The van der Waals surface area contributed by atoms with Crippen LogP contribution in [0.4, 0.5) is 13.2 Å². The van der Waals surface area contributed by atoms with Crippen molar-refractivity contribution in [2.45, 2.75) is 6.18 Å². The van der Waals surface area contributed by atoms with Crippen molar-refractivity contribution in [1.82, 2.24) is 4.90 Å². The van der Waals surface area contributed by atoms with Crippen molar-refractivity contribution in [1.29, 1.82) is 0 Å². The van der Waals surface area contributed by atoms with Gasteiger partial charge < -0.3 is 20.4 Å². The summed E-state index contributed by atoms with van der Waals surface area (Å²) in [5.41, 5.74) is 4.54. The molecule has 0 saturated carbocycles. The first-order valence-electron chi connectivity index (χ1n) is 3.62. The molecule has 4 N–H and O–H groups in total. The summed E-state index contributed by atoms with van der Waals surface area (Å²) in [7, 11) is -4.90. The summed E-state index contributed by atoms with van der Waals surface area (Å²) < 4.78 is 46.2. The van der Waals surface area contributed by atoms with Gasteiger partial charge in [-0.15, -0.1) is 0 Å². The summed E-state index contributed by atoms with van der Waals surface area (Å²) in [5.74, 6) is -3.85. The number of halogens is 3. The van der Waals surface area contributed by atoms with Gasteiger partial charge in [-0.1, -0.05) is 0 Å². The number of carbonyl (C=O) groups is 2. The molecule has 0 bridgehead atoms. The van der Waals surface area contributed by atoms with E-state index in [2.05, 4.69) is 5.73 Å². The standard InChI is InChI=1S/C5H8F3N2O5P/c6-5(7,8)4(12)10(1-3(9)11)2-16(13,14)15/h1-2H2,(H2,9,11)(H2,13,14,15). The summed E-state index contributed by atoms with van der Waals surface area (Å²) in [5, 5.41) is 0. The number of amides is 2. The molecule has 0 aromatic carbocycles. The maximum absolute atomic E-state index is 11.9. The van der Waals surface area contributed by atoms with Gasteiger partial charge in [-0.2, -0.15) is 13.2 Å². The molecule has 0 aromatic rings. The molecule has 0 unspecified atom stereocenters. The van der Waals surface area contributed by atoms with Crippen molar-refractivity contribution in [3.63, 3.8) is 0 Å². The molecule has 16 heavy (non-hydrogen) atoms. The van der Waals surface area contributed by atoms with Crippen LogP contribution in [0, 0.1) is 0 Å². The molecule has 0 aliphatic carbocycles. The molecule has 0 rings (SSSR count). The highest BCUT2D eigenvalue weighted by Gasteiger charge is 2.44. The van der Waals surface area contributed by atoms with E-state index in [1.54, 1.807) is 0 Å². The Kier molecular flexibility index (Phi) is 4.47. The Morgan fingerprint density at radius 2 is 1.75 bits per heavy atom. The largest absolute Gasteiger partial charge is 0.471 e. The van der Waals surface area contributed by atoms with E-state index in [-0.39, 0.29) is 4.90 Å². The third-order valence-corrected chi connectivity index (χ3v) is 1.94. The minimum Gasteiger partial charge on any atom is -0.368 e. The highest BCUT2D eigenvalue weighted by Crippen LogP contribution is 2.36. The van der Waals surface area contributed by atoms with Gasteiger partial charge in [0, 0.05) is 0 Å². The van der Waals surface area contributed by atoms with Crippen LogP contribution in [0.15, 0.2) is 0 Å². The quantitative estimate of drug-likeness (QED) is 0.562. The van der Waals surface area contributed by atoms with E-state index in [4.69, 9.17) is 9.79 Å². The number of nitrogens with two attached hydrogens (primary N) is 1. The lowest BCUT2D eigenvalue weighted by Gasteiger charge is -2.22. The Hall–Kier alpha value is -1.12. The molecular weight excluding hydrogens is 256 g/mol. The van der Waals surface area contributed by atoms with E-state index < -0.39 is 38.4 Å². The second kappa shape index (κ2) is 4.81. The Bertz CT molecular complexity index is 337. The SMILES string of the molecule is NC(=O)CN(CP(=O)(O)O)C(=O)C(F)(F)F. The molecule has 0 saturated heterocycles. The number of nitrogens with zero attached hydrogens (tertiary/aromatic N) is 1. The van der Waals surface area contributed by atoms with E-state index in [0.717, 1.165) is 0 Å². The molecule has 0 radical (unpaired) electrons. The molecule has 0 heterocycles. The predicted molar refractivity (Wildman–Crippen MR) is 43.9 cm³/mol. The molecule has 0 atom stereocenters. The maximum atomic E-state index is 11.9. The van der Waals surface area contributed by atoms with Gasteiger partial charge >= 0.3 is 19.7 Å². The second-order valence-corrected chi connectivity index (χ2v) is 4.39. The lowest BCUT2D eigenvalue weighted by molar-refractivity contribution is -0.184. The number of hydrogen-bond acceptors (Lipinski definition) is 3. The van der Waals surface area contributed by atoms with Crippen molar-refractivity contribution < 1.29 is 37.1 Å². The zero-order valence-corrected chi connectivity index (χ0v) is 8.53. The van der Waals surface area contributed by atoms with Crippen LogP contribution in [0.3, 0.4) is 0 Å². The Labute approximate surface area is 87.2 Å². The summed E-state index contributed by atoms with van der Waals surface area (Å²) in [6, 6.07) is 0. The van der Waals surface area contributed by atoms with Crippen LogP contribution in [0.2, 0.25) is 0 Å². The lowest BCUT2D eigenvalue weighted by Crippen LogP contribution is -2.45. The summed E-state index contributed by atoms with van der Waals surface area (Å²) in [6.07, 6.45) is -6.85. The minimum atomic E-state index is -5.33. The van der Waals surface area contributed by atoms with Crippen molar-refractivity contribution in [3.05, 3.63) is 0 Å². The maximum Gasteiger partial charge on any atom is 0.471 e. The minimum absolute atomic E-state index is 0.344. The van der Waals surface area contributed by atoms with Crippen LogP contribution in [0.5, 0.6) is 0 Å². The Morgan fingerprint density at radius 3 is 2.00 bits per heavy atom. The number of alkyl halides is 3. The fraction of sp³-hybridized carbons (Fsp3) is 0.600. The highest BCUT2D eigenvalue weighted by atomic mass is 31.2. The van der Waals surface area contributed by atoms with Gasteiger partial charge in [-0.05, 0) is 0 Å². The molecule has 2 amide bonds. The fourth-order valence-corrected chi connectivity index (χ4v) is 1.45. The number of rotatable bonds is 4. The molecule has 11 heteroatoms. The van der Waals surface area contributed by atoms with Crippen LogP contribution in [0.25, 0.3) is 0 Å². The molecule has 0 fully saturated rings. The smallest absolute Gasteiger partial charge is 0.368 e. The normalized spacial score (nSPS) is 12.3. The fourth-order valence-electron chi connectivity index (χ4n) is 0.776. The van der Waals surface area contributed by atoms with Crippen molar-refractivity contribution in [3.8, 4) is 0 Å².